The van der Waals surface area contributed by atoms with Crippen molar-refractivity contribution in [1.82, 2.24) is 4.90 Å². The molecule has 0 unspecified atom stereocenters. The van der Waals surface area contributed by atoms with Gasteiger partial charge < -0.3 is 4.90 Å². The van der Waals surface area contributed by atoms with Gasteiger partial charge in [-0.3, -0.25) is 4.79 Å². The first-order chi connectivity index (χ1) is 12.2. The average Bonchev–Trinajstić information content (AvgIpc) is 2.68. The lowest BCUT2D eigenvalue weighted by Gasteiger charge is -2.38. The molecule has 0 saturated heterocycles. The van der Waals surface area contributed by atoms with Crippen LogP contribution in [-0.2, 0) is 6.42 Å². The number of hydrogen-bond acceptors (Lipinski definition) is 1. The Morgan fingerprint density at radius 2 is 1.56 bits per heavy atom. The number of carbonyl (C=O) groups excluding carboxylic acids is 1. The van der Waals surface area contributed by atoms with Gasteiger partial charge in [0, 0.05) is 17.1 Å². The smallest absolute Gasteiger partial charge is 0.254 e. The first kappa shape index (κ1) is 15.9. The van der Waals surface area contributed by atoms with Gasteiger partial charge in [0.2, 0.25) is 0 Å². The van der Waals surface area contributed by atoms with Crippen molar-refractivity contribution in [2.75, 3.05) is 6.54 Å². The second kappa shape index (κ2) is 6.73. The quantitative estimate of drug-likeness (QED) is 0.629. The third-order valence-corrected chi connectivity index (χ3v) is 5.00. The van der Waals surface area contributed by atoms with Crippen LogP contribution in [0.15, 0.2) is 78.9 Å². The van der Waals surface area contributed by atoms with Crippen LogP contribution in [0.25, 0.3) is 0 Å². The summed E-state index contributed by atoms with van der Waals surface area (Å²) in [5, 5.41) is 0.703. The molecule has 0 N–H and O–H groups in total. The third kappa shape index (κ3) is 3.06. The van der Waals surface area contributed by atoms with E-state index >= 15 is 0 Å². The highest BCUT2D eigenvalue weighted by Crippen LogP contribution is 2.36. The summed E-state index contributed by atoms with van der Waals surface area (Å²) in [6.45, 7) is 0.706. The van der Waals surface area contributed by atoms with Crippen molar-refractivity contribution >= 4 is 17.5 Å². The molecule has 0 aromatic heterocycles. The molecule has 0 fully saturated rings. The predicted molar refractivity (Wildman–Crippen MR) is 101 cm³/mol. The number of halogens is 1. The van der Waals surface area contributed by atoms with Gasteiger partial charge in [0.05, 0.1) is 6.04 Å². The van der Waals surface area contributed by atoms with Crippen molar-refractivity contribution in [1.29, 1.82) is 0 Å². The number of amides is 1. The lowest BCUT2D eigenvalue weighted by molar-refractivity contribution is 0.0694. The fourth-order valence-corrected chi connectivity index (χ4v) is 3.66. The second-order valence-electron chi connectivity index (χ2n) is 6.27. The number of rotatable bonds is 2. The number of nitrogens with zero attached hydrogens (tertiary/aromatic N) is 1. The third-order valence-electron chi connectivity index (χ3n) is 4.75. The molecule has 25 heavy (non-hydrogen) atoms. The van der Waals surface area contributed by atoms with Gasteiger partial charge in [0.25, 0.3) is 5.91 Å². The van der Waals surface area contributed by atoms with Crippen molar-refractivity contribution in [2.24, 2.45) is 0 Å². The summed E-state index contributed by atoms with van der Waals surface area (Å²) in [5.74, 6) is 0.0649. The lowest BCUT2D eigenvalue weighted by Crippen LogP contribution is -2.40. The molecule has 1 aliphatic heterocycles. The Morgan fingerprint density at radius 1 is 0.880 bits per heavy atom. The van der Waals surface area contributed by atoms with Gasteiger partial charge in [0.1, 0.15) is 0 Å². The molecule has 3 aromatic carbocycles. The van der Waals surface area contributed by atoms with Gasteiger partial charge in [-0.15, -0.1) is 0 Å². The average molecular weight is 348 g/mol. The summed E-state index contributed by atoms with van der Waals surface area (Å²) >= 11 is 6.07. The van der Waals surface area contributed by atoms with Crippen LogP contribution in [0.4, 0.5) is 0 Å². The first-order valence-corrected chi connectivity index (χ1v) is 8.81. The van der Waals surface area contributed by atoms with E-state index in [2.05, 4.69) is 18.2 Å². The minimum atomic E-state index is -0.0880. The highest BCUT2D eigenvalue weighted by Gasteiger charge is 2.32. The Hall–Kier alpha value is -2.58. The van der Waals surface area contributed by atoms with E-state index in [1.807, 2.05) is 65.6 Å². The Bertz CT molecular complexity index is 889. The van der Waals surface area contributed by atoms with Crippen LogP contribution in [0.3, 0.4) is 0 Å². The lowest BCUT2D eigenvalue weighted by atomic mass is 9.88. The summed E-state index contributed by atoms with van der Waals surface area (Å²) in [5.41, 5.74) is 4.31. The maximum absolute atomic E-state index is 13.2. The molecule has 0 bridgehead atoms. The maximum Gasteiger partial charge on any atom is 0.254 e. The molecule has 1 aliphatic rings. The molecular formula is C22H18ClNO. The van der Waals surface area contributed by atoms with Gasteiger partial charge in [-0.25, -0.2) is 0 Å². The summed E-state index contributed by atoms with van der Waals surface area (Å²) in [7, 11) is 0. The first-order valence-electron chi connectivity index (χ1n) is 8.43. The van der Waals surface area contributed by atoms with Crippen LogP contribution in [0, 0.1) is 0 Å². The molecule has 0 saturated carbocycles. The standard InChI is InChI=1S/C22H18ClNO/c23-19-12-10-17(11-13-19)21-20-9-5-4-6-16(20)14-15-24(21)22(25)18-7-2-1-3-8-18/h1-13,21H,14-15H2/t21-/m0/s1. The molecule has 4 rings (SSSR count). The van der Waals surface area contributed by atoms with E-state index in [4.69, 9.17) is 11.6 Å². The molecule has 0 aliphatic carbocycles. The minimum Gasteiger partial charge on any atom is -0.327 e. The molecule has 3 aromatic rings. The molecule has 1 amide bonds. The summed E-state index contributed by atoms with van der Waals surface area (Å²) in [6.07, 6.45) is 0.874. The zero-order valence-corrected chi connectivity index (χ0v) is 14.5. The number of carbonyl (C=O) groups is 1. The molecule has 124 valence electrons. The van der Waals surface area contributed by atoms with Crippen molar-refractivity contribution in [3.63, 3.8) is 0 Å². The maximum atomic E-state index is 13.2. The highest BCUT2D eigenvalue weighted by atomic mass is 35.5. The topological polar surface area (TPSA) is 20.3 Å². The highest BCUT2D eigenvalue weighted by molar-refractivity contribution is 6.30. The van der Waals surface area contributed by atoms with Crippen molar-refractivity contribution in [3.8, 4) is 0 Å². The van der Waals surface area contributed by atoms with E-state index in [9.17, 15) is 4.79 Å². The normalized spacial score (nSPS) is 16.4. The summed E-state index contributed by atoms with van der Waals surface area (Å²) < 4.78 is 0. The van der Waals surface area contributed by atoms with Crippen LogP contribution < -0.4 is 0 Å². The number of benzene rings is 3. The van der Waals surface area contributed by atoms with Gasteiger partial charge in [-0.2, -0.15) is 0 Å². The van der Waals surface area contributed by atoms with Gasteiger partial charge in [-0.05, 0) is 47.4 Å². The monoisotopic (exact) mass is 347 g/mol. The van der Waals surface area contributed by atoms with Gasteiger partial charge in [0.15, 0.2) is 0 Å². The van der Waals surface area contributed by atoms with E-state index in [-0.39, 0.29) is 11.9 Å². The molecule has 3 heteroatoms. The van der Waals surface area contributed by atoms with Gasteiger partial charge >= 0.3 is 0 Å². The van der Waals surface area contributed by atoms with Crippen LogP contribution in [0.5, 0.6) is 0 Å². The van der Waals surface area contributed by atoms with E-state index in [1.165, 1.54) is 11.1 Å². The van der Waals surface area contributed by atoms with Crippen LogP contribution >= 0.6 is 11.6 Å². The van der Waals surface area contributed by atoms with E-state index in [1.54, 1.807) is 0 Å². The molecule has 1 heterocycles. The Labute approximate surface area is 152 Å². The van der Waals surface area contributed by atoms with Crippen LogP contribution in [-0.4, -0.2) is 17.4 Å². The van der Waals surface area contributed by atoms with E-state index in [0.29, 0.717) is 11.6 Å². The predicted octanol–water partition coefficient (Wildman–Crippen LogP) is 5.13. The molecule has 2 nitrogen and oxygen atoms in total. The summed E-state index contributed by atoms with van der Waals surface area (Å²) in [4.78, 5) is 15.1. The Balaban J connectivity index is 1.80. The van der Waals surface area contributed by atoms with Crippen LogP contribution in [0.1, 0.15) is 33.1 Å². The molecular weight excluding hydrogens is 330 g/mol. The molecule has 1 atom stereocenters. The van der Waals surface area contributed by atoms with Gasteiger partial charge in [-0.1, -0.05) is 66.2 Å². The molecule has 0 radical (unpaired) electrons. The largest absolute Gasteiger partial charge is 0.327 e. The van der Waals surface area contributed by atoms with Crippen molar-refractivity contribution in [2.45, 2.75) is 12.5 Å². The van der Waals surface area contributed by atoms with Crippen molar-refractivity contribution < 1.29 is 4.79 Å². The SMILES string of the molecule is O=C(c1ccccc1)N1CCc2ccccc2[C@@H]1c1ccc(Cl)cc1. The minimum absolute atomic E-state index is 0.0649. The number of hydrogen-bond donors (Lipinski definition) is 0. The van der Waals surface area contributed by atoms with Crippen LogP contribution in [0.2, 0.25) is 5.02 Å². The van der Waals surface area contributed by atoms with E-state index in [0.717, 1.165) is 17.5 Å². The number of fused-ring (bicyclic) bond motifs is 1. The summed E-state index contributed by atoms with van der Waals surface area (Å²) in [6, 6.07) is 25.6. The molecule has 0 spiro atoms. The van der Waals surface area contributed by atoms with E-state index < -0.39 is 0 Å². The Morgan fingerprint density at radius 3 is 2.32 bits per heavy atom. The van der Waals surface area contributed by atoms with Crippen molar-refractivity contribution in [3.05, 3.63) is 106 Å². The zero-order valence-electron chi connectivity index (χ0n) is 13.7. The Kier molecular flexibility index (Phi) is 4.29. The fourth-order valence-electron chi connectivity index (χ4n) is 3.54. The zero-order chi connectivity index (χ0) is 17.2. The fraction of sp³-hybridized carbons (Fsp3) is 0.136. The second-order valence-corrected chi connectivity index (χ2v) is 6.70.